The Hall–Kier alpha value is -2.71. The molecule has 0 saturated heterocycles. The topological polar surface area (TPSA) is 90.0 Å². The molecule has 0 aliphatic heterocycles. The predicted octanol–water partition coefficient (Wildman–Crippen LogP) is 2.29. The van der Waals surface area contributed by atoms with Crippen LogP contribution in [0, 0.1) is 5.82 Å². The molecule has 0 unspecified atom stereocenters. The summed E-state index contributed by atoms with van der Waals surface area (Å²) >= 11 is 0. The highest BCUT2D eigenvalue weighted by Gasteiger charge is 2.08. The molecule has 0 spiro atoms. The number of nitrogens with two attached hydrogens (primary N) is 1. The highest BCUT2D eigenvalue weighted by Crippen LogP contribution is 2.22. The van der Waals surface area contributed by atoms with Gasteiger partial charge in [-0.15, -0.1) is 0 Å². The smallest absolute Gasteiger partial charge is 0.296 e. The van der Waals surface area contributed by atoms with Crippen molar-refractivity contribution in [2.24, 2.45) is 5.14 Å². The van der Waals surface area contributed by atoms with Crippen LogP contribution in [-0.2, 0) is 10.2 Å². The summed E-state index contributed by atoms with van der Waals surface area (Å²) in [7, 11) is -3.80. The van der Waals surface area contributed by atoms with Crippen molar-refractivity contribution < 1.29 is 12.8 Å². The van der Waals surface area contributed by atoms with E-state index in [1.54, 1.807) is 59.6 Å². The zero-order valence-corrected chi connectivity index (χ0v) is 12.7. The van der Waals surface area contributed by atoms with Crippen LogP contribution in [0.1, 0.15) is 0 Å². The van der Waals surface area contributed by atoms with Crippen LogP contribution in [0.25, 0.3) is 16.9 Å². The van der Waals surface area contributed by atoms with Gasteiger partial charge >= 0.3 is 0 Å². The van der Waals surface area contributed by atoms with Crippen LogP contribution in [0.4, 0.5) is 10.1 Å². The minimum absolute atomic E-state index is 0.342. The first-order valence-corrected chi connectivity index (χ1v) is 8.17. The maximum Gasteiger partial charge on any atom is 0.296 e. The van der Waals surface area contributed by atoms with E-state index in [0.717, 1.165) is 5.69 Å². The maximum absolute atomic E-state index is 13.8. The van der Waals surface area contributed by atoms with Crippen LogP contribution < -0.4 is 9.86 Å². The lowest BCUT2D eigenvalue weighted by Gasteiger charge is -2.05. The molecule has 0 radical (unpaired) electrons. The molecule has 0 bridgehead atoms. The third kappa shape index (κ3) is 3.55. The summed E-state index contributed by atoms with van der Waals surface area (Å²) in [6.07, 6.45) is 3.25. The van der Waals surface area contributed by atoms with Crippen molar-refractivity contribution in [3.05, 3.63) is 66.9 Å². The number of halogens is 1. The van der Waals surface area contributed by atoms with Crippen molar-refractivity contribution in [1.82, 2.24) is 9.55 Å². The van der Waals surface area contributed by atoms with Gasteiger partial charge in [-0.2, -0.15) is 8.42 Å². The monoisotopic (exact) mass is 332 g/mol. The van der Waals surface area contributed by atoms with Crippen molar-refractivity contribution in [2.45, 2.75) is 0 Å². The van der Waals surface area contributed by atoms with Crippen LogP contribution >= 0.6 is 0 Å². The zero-order chi connectivity index (χ0) is 16.4. The first kappa shape index (κ1) is 15.2. The van der Waals surface area contributed by atoms with E-state index in [2.05, 4.69) is 9.71 Å². The van der Waals surface area contributed by atoms with E-state index >= 15 is 0 Å². The summed E-state index contributed by atoms with van der Waals surface area (Å²) < 4.78 is 39.6. The van der Waals surface area contributed by atoms with Gasteiger partial charge in [-0.25, -0.2) is 14.5 Å². The van der Waals surface area contributed by atoms with E-state index in [1.807, 2.05) is 0 Å². The van der Waals surface area contributed by atoms with Crippen LogP contribution in [0.2, 0.25) is 0 Å². The summed E-state index contributed by atoms with van der Waals surface area (Å²) in [5.41, 5.74) is 2.03. The van der Waals surface area contributed by atoms with Crippen molar-refractivity contribution in [2.75, 3.05) is 4.72 Å². The Morgan fingerprint density at radius 1 is 1.09 bits per heavy atom. The van der Waals surface area contributed by atoms with E-state index in [9.17, 15) is 12.8 Å². The Labute approximate surface area is 132 Å². The molecular weight excluding hydrogens is 319 g/mol. The van der Waals surface area contributed by atoms with E-state index in [1.165, 1.54) is 6.07 Å². The summed E-state index contributed by atoms with van der Waals surface area (Å²) in [5.74, 6) is -0.342. The number of rotatable bonds is 4. The standard InChI is InChI=1S/C15H13FN4O2S/c16-14-4-2-1-3-13(14)15-9-20(10-18-15)12-7-5-11(6-8-12)19-23(17,21)22/h1-10,19H,(H2,17,21,22). The van der Waals surface area contributed by atoms with Crippen molar-refractivity contribution >= 4 is 15.9 Å². The first-order chi connectivity index (χ1) is 10.9. The fraction of sp³-hybridized carbons (Fsp3) is 0. The number of anilines is 1. The molecule has 118 valence electrons. The van der Waals surface area contributed by atoms with Gasteiger partial charge in [0, 0.05) is 23.1 Å². The Morgan fingerprint density at radius 2 is 1.78 bits per heavy atom. The van der Waals surface area contributed by atoms with E-state index in [0.29, 0.717) is 16.9 Å². The molecule has 0 amide bonds. The molecule has 0 aliphatic rings. The quantitative estimate of drug-likeness (QED) is 0.768. The van der Waals surface area contributed by atoms with Crippen molar-refractivity contribution in [3.8, 4) is 16.9 Å². The van der Waals surface area contributed by atoms with Gasteiger partial charge in [0.25, 0.3) is 10.2 Å². The molecule has 0 fully saturated rings. The van der Waals surface area contributed by atoms with Gasteiger partial charge in [-0.3, -0.25) is 4.72 Å². The molecule has 0 atom stereocenters. The Bertz CT molecular complexity index is 936. The van der Waals surface area contributed by atoms with E-state index in [-0.39, 0.29) is 5.82 Å². The molecule has 6 nitrogen and oxygen atoms in total. The van der Waals surface area contributed by atoms with Crippen LogP contribution in [0.15, 0.2) is 61.1 Å². The molecular formula is C15H13FN4O2S. The van der Waals surface area contributed by atoms with Gasteiger partial charge in [-0.05, 0) is 36.4 Å². The van der Waals surface area contributed by atoms with Crippen molar-refractivity contribution in [1.29, 1.82) is 0 Å². The van der Waals surface area contributed by atoms with Gasteiger partial charge in [0.15, 0.2) is 0 Å². The number of hydrogen-bond donors (Lipinski definition) is 2. The van der Waals surface area contributed by atoms with Crippen LogP contribution in [0.3, 0.4) is 0 Å². The Balaban J connectivity index is 1.88. The Morgan fingerprint density at radius 3 is 2.43 bits per heavy atom. The third-order valence-electron chi connectivity index (χ3n) is 3.16. The lowest BCUT2D eigenvalue weighted by molar-refractivity contribution is 0.603. The second-order valence-corrected chi connectivity index (χ2v) is 6.13. The molecule has 3 rings (SSSR count). The minimum atomic E-state index is -3.80. The number of aromatic nitrogens is 2. The molecule has 0 aliphatic carbocycles. The highest BCUT2D eigenvalue weighted by atomic mass is 32.2. The fourth-order valence-corrected chi connectivity index (χ4v) is 2.60. The largest absolute Gasteiger partial charge is 0.306 e. The number of hydrogen-bond acceptors (Lipinski definition) is 3. The van der Waals surface area contributed by atoms with Crippen LogP contribution in [-0.4, -0.2) is 18.0 Å². The number of nitrogens with one attached hydrogen (secondary N) is 1. The number of nitrogens with zero attached hydrogens (tertiary/aromatic N) is 2. The summed E-state index contributed by atoms with van der Waals surface area (Å²) in [6, 6.07) is 12.9. The summed E-state index contributed by atoms with van der Waals surface area (Å²) in [5, 5.41) is 4.91. The Kier molecular flexibility index (Phi) is 3.85. The summed E-state index contributed by atoms with van der Waals surface area (Å²) in [6.45, 7) is 0. The van der Waals surface area contributed by atoms with Gasteiger partial charge in [0.05, 0.1) is 12.0 Å². The molecule has 0 saturated carbocycles. The zero-order valence-electron chi connectivity index (χ0n) is 11.8. The highest BCUT2D eigenvalue weighted by molar-refractivity contribution is 7.90. The molecule has 3 aromatic rings. The number of benzene rings is 2. The van der Waals surface area contributed by atoms with E-state index < -0.39 is 10.2 Å². The molecule has 1 aromatic heterocycles. The minimum Gasteiger partial charge on any atom is -0.306 e. The molecule has 1 heterocycles. The lowest BCUT2D eigenvalue weighted by Crippen LogP contribution is -2.21. The fourth-order valence-electron chi connectivity index (χ4n) is 2.14. The second-order valence-electron chi connectivity index (χ2n) is 4.84. The SMILES string of the molecule is NS(=O)(=O)Nc1ccc(-n2cnc(-c3ccccc3F)c2)cc1. The van der Waals surface area contributed by atoms with E-state index in [4.69, 9.17) is 5.14 Å². The molecule has 3 N–H and O–H groups in total. The van der Waals surface area contributed by atoms with Gasteiger partial charge in [0.1, 0.15) is 5.82 Å². The normalized spacial score (nSPS) is 11.4. The third-order valence-corrected chi connectivity index (χ3v) is 3.68. The molecule has 2 aromatic carbocycles. The molecule has 8 heteroatoms. The van der Waals surface area contributed by atoms with Gasteiger partial charge in [0.2, 0.25) is 0 Å². The average Bonchev–Trinajstić information content (AvgIpc) is 2.96. The number of imidazole rings is 1. The summed E-state index contributed by atoms with van der Waals surface area (Å²) in [4.78, 5) is 4.20. The predicted molar refractivity (Wildman–Crippen MR) is 85.7 cm³/mol. The van der Waals surface area contributed by atoms with Gasteiger partial charge < -0.3 is 4.57 Å². The maximum atomic E-state index is 13.8. The van der Waals surface area contributed by atoms with Crippen LogP contribution in [0.5, 0.6) is 0 Å². The van der Waals surface area contributed by atoms with Crippen molar-refractivity contribution in [3.63, 3.8) is 0 Å². The van der Waals surface area contributed by atoms with Gasteiger partial charge in [-0.1, -0.05) is 12.1 Å². The lowest BCUT2D eigenvalue weighted by atomic mass is 10.1. The second kappa shape index (κ2) is 5.82. The average molecular weight is 332 g/mol. The first-order valence-electron chi connectivity index (χ1n) is 6.62. The molecule has 23 heavy (non-hydrogen) atoms.